The molecule has 2 heterocycles. The first-order chi connectivity index (χ1) is 13.7. The Hall–Kier alpha value is -2.67. The van der Waals surface area contributed by atoms with Gasteiger partial charge in [-0.1, -0.05) is 35.3 Å². The van der Waals surface area contributed by atoms with Crippen LogP contribution in [-0.2, 0) is 6.61 Å². The van der Waals surface area contributed by atoms with E-state index < -0.39 is 0 Å². The van der Waals surface area contributed by atoms with E-state index in [1.54, 1.807) is 24.5 Å². The first-order valence-electron chi connectivity index (χ1n) is 8.34. The molecule has 0 saturated carbocycles. The van der Waals surface area contributed by atoms with Crippen molar-refractivity contribution in [2.24, 2.45) is 0 Å². The van der Waals surface area contributed by atoms with Crippen molar-refractivity contribution in [2.45, 2.75) is 6.61 Å². The van der Waals surface area contributed by atoms with Crippen LogP contribution >= 0.6 is 34.5 Å². The molecule has 0 aliphatic heterocycles. The van der Waals surface area contributed by atoms with Crippen LogP contribution in [0.3, 0.4) is 0 Å². The molecule has 0 bridgehead atoms. The van der Waals surface area contributed by atoms with Crippen molar-refractivity contribution < 1.29 is 4.74 Å². The van der Waals surface area contributed by atoms with Crippen LogP contribution in [0.5, 0.6) is 5.75 Å². The summed E-state index contributed by atoms with van der Waals surface area (Å²) in [6.45, 7) is 0.385. The molecule has 28 heavy (non-hydrogen) atoms. The maximum absolute atomic E-state index is 6.05. The fourth-order valence-corrected chi connectivity index (χ4v) is 3.40. The van der Waals surface area contributed by atoms with Gasteiger partial charge in [0.05, 0.1) is 10.0 Å². The lowest BCUT2D eigenvalue weighted by Gasteiger charge is -2.10. The van der Waals surface area contributed by atoms with E-state index in [0.29, 0.717) is 28.3 Å². The molecule has 0 radical (unpaired) electrons. The minimum atomic E-state index is 0.385. The van der Waals surface area contributed by atoms with Gasteiger partial charge in [0.25, 0.3) is 0 Å². The summed E-state index contributed by atoms with van der Waals surface area (Å²) >= 11 is 13.5. The molecule has 0 spiro atoms. The number of hydrogen-bond acceptors (Lipinski definition) is 6. The highest BCUT2D eigenvalue weighted by Gasteiger charge is 2.06. The normalized spacial score (nSPS) is 10.6. The molecule has 8 heteroatoms. The molecule has 0 atom stereocenters. The second-order valence-corrected chi connectivity index (χ2v) is 7.50. The predicted molar refractivity (Wildman–Crippen MR) is 114 cm³/mol. The van der Waals surface area contributed by atoms with E-state index in [-0.39, 0.29) is 0 Å². The van der Waals surface area contributed by atoms with E-state index in [1.165, 1.54) is 11.3 Å². The van der Waals surface area contributed by atoms with Gasteiger partial charge in [-0.05, 0) is 35.9 Å². The van der Waals surface area contributed by atoms with Crippen molar-refractivity contribution in [3.05, 3.63) is 81.9 Å². The Labute approximate surface area is 176 Å². The number of nitrogens with one attached hydrogen (secondary N) is 1. The first kappa shape index (κ1) is 18.7. The summed E-state index contributed by atoms with van der Waals surface area (Å²) in [5.41, 5.74) is 2.54. The largest absolute Gasteiger partial charge is 0.489 e. The van der Waals surface area contributed by atoms with Gasteiger partial charge in [-0.25, -0.2) is 15.0 Å². The highest BCUT2D eigenvalue weighted by atomic mass is 35.5. The number of anilines is 2. The molecule has 0 unspecified atom stereocenters. The lowest BCUT2D eigenvalue weighted by molar-refractivity contribution is 0.306. The number of nitrogens with zero attached hydrogens (tertiary/aromatic N) is 3. The average Bonchev–Trinajstić information content (AvgIpc) is 3.24. The van der Waals surface area contributed by atoms with Crippen molar-refractivity contribution in [2.75, 3.05) is 5.32 Å². The molecule has 0 amide bonds. The lowest BCUT2D eigenvalue weighted by Crippen LogP contribution is -1.99. The van der Waals surface area contributed by atoms with Crippen LogP contribution in [0.4, 0.5) is 11.6 Å². The second-order valence-electron chi connectivity index (χ2n) is 5.79. The van der Waals surface area contributed by atoms with Gasteiger partial charge in [-0.2, -0.15) is 0 Å². The smallest absolute Gasteiger partial charge is 0.227 e. The molecule has 0 aliphatic rings. The molecule has 4 aromatic rings. The van der Waals surface area contributed by atoms with Crippen molar-refractivity contribution in [3.8, 4) is 16.5 Å². The number of thiazole rings is 1. The van der Waals surface area contributed by atoms with Gasteiger partial charge in [0.1, 0.15) is 23.1 Å². The zero-order valence-corrected chi connectivity index (χ0v) is 16.8. The molecular weight excluding hydrogens is 415 g/mol. The number of benzene rings is 2. The van der Waals surface area contributed by atoms with Gasteiger partial charge in [0.15, 0.2) is 0 Å². The Morgan fingerprint density at radius 2 is 1.89 bits per heavy atom. The summed E-state index contributed by atoms with van der Waals surface area (Å²) in [7, 11) is 0. The fourth-order valence-electron chi connectivity index (χ4n) is 2.48. The number of halogens is 2. The summed E-state index contributed by atoms with van der Waals surface area (Å²) in [6, 6.07) is 14.9. The van der Waals surface area contributed by atoms with E-state index in [4.69, 9.17) is 27.9 Å². The van der Waals surface area contributed by atoms with Gasteiger partial charge in [0, 0.05) is 29.5 Å². The van der Waals surface area contributed by atoms with Crippen molar-refractivity contribution >= 4 is 46.2 Å². The lowest BCUT2D eigenvalue weighted by atomic mass is 10.2. The second kappa shape index (κ2) is 8.56. The minimum absolute atomic E-state index is 0.385. The van der Waals surface area contributed by atoms with Crippen molar-refractivity contribution in [1.82, 2.24) is 15.0 Å². The third-order valence-electron chi connectivity index (χ3n) is 3.79. The Bertz CT molecular complexity index is 1090. The molecule has 5 nitrogen and oxygen atoms in total. The maximum Gasteiger partial charge on any atom is 0.227 e. The van der Waals surface area contributed by atoms with Gasteiger partial charge in [-0.15, -0.1) is 11.3 Å². The molecular formula is C20H14Cl2N4OS. The van der Waals surface area contributed by atoms with Crippen LogP contribution in [0.15, 0.2) is 66.3 Å². The van der Waals surface area contributed by atoms with Crippen LogP contribution in [0.1, 0.15) is 5.56 Å². The average molecular weight is 429 g/mol. The van der Waals surface area contributed by atoms with Crippen LogP contribution in [0, 0.1) is 0 Å². The molecule has 1 N–H and O–H groups in total. The summed E-state index contributed by atoms with van der Waals surface area (Å²) in [6.07, 6.45) is 3.46. The summed E-state index contributed by atoms with van der Waals surface area (Å²) < 4.78 is 5.86. The summed E-state index contributed by atoms with van der Waals surface area (Å²) in [5, 5.41) is 7.00. The molecule has 2 aromatic heterocycles. The Morgan fingerprint density at radius 3 is 2.71 bits per heavy atom. The zero-order valence-electron chi connectivity index (χ0n) is 14.5. The molecule has 0 saturated heterocycles. The van der Waals surface area contributed by atoms with Gasteiger partial charge in [-0.3, -0.25) is 0 Å². The predicted octanol–water partition coefficient (Wildman–Crippen LogP) is 6.23. The Morgan fingerprint density at radius 1 is 0.964 bits per heavy atom. The maximum atomic E-state index is 6.05. The SMILES string of the molecule is Clc1ccc(COc2cccc(Nc3nccc(-c4nccs4)n3)c2)cc1Cl. The third kappa shape index (κ3) is 4.59. The molecule has 2 aromatic carbocycles. The Kier molecular flexibility index (Phi) is 5.71. The van der Waals surface area contributed by atoms with E-state index in [9.17, 15) is 0 Å². The molecule has 0 fully saturated rings. The monoisotopic (exact) mass is 428 g/mol. The Balaban J connectivity index is 1.45. The van der Waals surface area contributed by atoms with E-state index in [2.05, 4.69) is 20.3 Å². The van der Waals surface area contributed by atoms with Crippen molar-refractivity contribution in [3.63, 3.8) is 0 Å². The number of ether oxygens (including phenoxy) is 1. The fraction of sp³-hybridized carbons (Fsp3) is 0.0500. The van der Waals surface area contributed by atoms with E-state index in [0.717, 1.165) is 22.0 Å². The zero-order chi connectivity index (χ0) is 19.3. The van der Waals surface area contributed by atoms with Gasteiger partial charge < -0.3 is 10.1 Å². The van der Waals surface area contributed by atoms with E-state index >= 15 is 0 Å². The van der Waals surface area contributed by atoms with Crippen LogP contribution in [-0.4, -0.2) is 15.0 Å². The molecule has 4 rings (SSSR count). The topological polar surface area (TPSA) is 59.9 Å². The van der Waals surface area contributed by atoms with Gasteiger partial charge in [0.2, 0.25) is 5.95 Å². The third-order valence-corrected chi connectivity index (χ3v) is 5.32. The highest BCUT2D eigenvalue weighted by molar-refractivity contribution is 7.13. The molecule has 0 aliphatic carbocycles. The molecule has 140 valence electrons. The van der Waals surface area contributed by atoms with Crippen LogP contribution in [0.2, 0.25) is 10.0 Å². The number of hydrogen-bond donors (Lipinski definition) is 1. The van der Waals surface area contributed by atoms with Crippen molar-refractivity contribution in [1.29, 1.82) is 0 Å². The van der Waals surface area contributed by atoms with E-state index in [1.807, 2.05) is 41.8 Å². The standard InChI is InChI=1S/C20H14Cl2N4OS/c21-16-5-4-13(10-17(16)22)12-27-15-3-1-2-14(11-15)25-20-24-7-6-18(26-20)19-23-8-9-28-19/h1-11H,12H2,(H,24,25,26). The minimum Gasteiger partial charge on any atom is -0.489 e. The first-order valence-corrected chi connectivity index (χ1v) is 9.98. The summed E-state index contributed by atoms with van der Waals surface area (Å²) in [5.74, 6) is 1.21. The quantitative estimate of drug-likeness (QED) is 0.394. The van der Waals surface area contributed by atoms with Gasteiger partial charge >= 0.3 is 0 Å². The number of rotatable bonds is 6. The van der Waals surface area contributed by atoms with Crippen LogP contribution in [0.25, 0.3) is 10.7 Å². The number of aromatic nitrogens is 3. The highest BCUT2D eigenvalue weighted by Crippen LogP contribution is 2.25. The summed E-state index contributed by atoms with van der Waals surface area (Å²) in [4.78, 5) is 13.1. The van der Waals surface area contributed by atoms with Crippen LogP contribution < -0.4 is 10.1 Å².